The van der Waals surface area contributed by atoms with Crippen molar-refractivity contribution in [2.45, 2.75) is 26.7 Å². The van der Waals surface area contributed by atoms with Crippen molar-refractivity contribution in [3.8, 4) is 0 Å². The molecule has 0 aliphatic heterocycles. The Bertz CT molecular complexity index is 105. The van der Waals surface area contributed by atoms with E-state index in [-0.39, 0.29) is 0 Å². The number of rotatable bonds is 2. The van der Waals surface area contributed by atoms with Crippen LogP contribution in [0.5, 0.6) is 0 Å². The van der Waals surface area contributed by atoms with Gasteiger partial charge >= 0.3 is 0 Å². The molecule has 1 aliphatic rings. The molecule has 3 unspecified atom stereocenters. The van der Waals surface area contributed by atoms with Crippen molar-refractivity contribution in [3.05, 3.63) is 12.7 Å². The lowest BCUT2D eigenvalue weighted by molar-refractivity contribution is 0.121. The lowest BCUT2D eigenvalue weighted by Gasteiger charge is -2.41. The summed E-state index contributed by atoms with van der Waals surface area (Å²) in [4.78, 5) is 0. The van der Waals surface area contributed by atoms with Gasteiger partial charge in [0.1, 0.15) is 0 Å². The first-order valence-corrected chi connectivity index (χ1v) is 3.92. The topological polar surface area (TPSA) is 0 Å². The predicted molar refractivity (Wildman–Crippen MR) is 41.2 cm³/mol. The van der Waals surface area contributed by atoms with E-state index in [2.05, 4.69) is 26.5 Å². The average molecular weight is 124 g/mol. The Labute approximate surface area is 58.0 Å². The molecule has 52 valence electrons. The normalized spacial score (nSPS) is 41.8. The summed E-state index contributed by atoms with van der Waals surface area (Å²) in [7, 11) is 0. The van der Waals surface area contributed by atoms with E-state index in [0.717, 1.165) is 17.8 Å². The van der Waals surface area contributed by atoms with Crippen LogP contribution in [0.1, 0.15) is 26.7 Å². The second-order valence-corrected chi connectivity index (χ2v) is 3.18. The minimum atomic E-state index is 0.838. The van der Waals surface area contributed by atoms with Crippen molar-refractivity contribution in [1.29, 1.82) is 0 Å². The summed E-state index contributed by atoms with van der Waals surface area (Å²) < 4.78 is 0. The van der Waals surface area contributed by atoms with Crippen LogP contribution in [0.15, 0.2) is 12.7 Å². The standard InChI is InChI=1S/C9H16/c1-4-8-6-7(3)9(8)5-2/h4,7-9H,1,5-6H2,2-3H3. The molecule has 1 aliphatic carbocycles. The van der Waals surface area contributed by atoms with Crippen molar-refractivity contribution in [3.63, 3.8) is 0 Å². The minimum absolute atomic E-state index is 0.838. The van der Waals surface area contributed by atoms with Gasteiger partial charge in [0.15, 0.2) is 0 Å². The Morgan fingerprint density at radius 3 is 2.56 bits per heavy atom. The van der Waals surface area contributed by atoms with E-state index in [1.165, 1.54) is 12.8 Å². The quantitative estimate of drug-likeness (QED) is 0.496. The van der Waals surface area contributed by atoms with Crippen molar-refractivity contribution >= 4 is 0 Å². The number of hydrogen-bond acceptors (Lipinski definition) is 0. The van der Waals surface area contributed by atoms with E-state index in [4.69, 9.17) is 0 Å². The monoisotopic (exact) mass is 124 g/mol. The average Bonchev–Trinajstić information content (AvgIpc) is 1.83. The Morgan fingerprint density at radius 1 is 1.67 bits per heavy atom. The summed E-state index contributed by atoms with van der Waals surface area (Å²) in [5.41, 5.74) is 0. The molecule has 0 saturated heterocycles. The SMILES string of the molecule is C=CC1CC(C)C1CC. The van der Waals surface area contributed by atoms with Crippen LogP contribution in [-0.2, 0) is 0 Å². The van der Waals surface area contributed by atoms with Crippen LogP contribution in [0.2, 0.25) is 0 Å². The van der Waals surface area contributed by atoms with E-state index >= 15 is 0 Å². The predicted octanol–water partition coefficient (Wildman–Crippen LogP) is 2.85. The van der Waals surface area contributed by atoms with Crippen LogP contribution in [0.3, 0.4) is 0 Å². The summed E-state index contributed by atoms with van der Waals surface area (Å²) in [6.45, 7) is 8.43. The van der Waals surface area contributed by atoms with Gasteiger partial charge in [-0.05, 0) is 24.2 Å². The smallest absolute Gasteiger partial charge is 0.0203 e. The highest BCUT2D eigenvalue weighted by molar-refractivity contribution is 4.95. The molecule has 0 nitrogen and oxygen atoms in total. The molecule has 0 bridgehead atoms. The zero-order valence-corrected chi connectivity index (χ0v) is 6.43. The molecule has 1 saturated carbocycles. The van der Waals surface area contributed by atoms with E-state index in [0.29, 0.717) is 0 Å². The zero-order chi connectivity index (χ0) is 6.85. The molecule has 1 fully saturated rings. The highest BCUT2D eigenvalue weighted by Gasteiger charge is 2.33. The fraction of sp³-hybridized carbons (Fsp3) is 0.778. The number of allylic oxidation sites excluding steroid dienone is 1. The Balaban J connectivity index is 2.37. The maximum Gasteiger partial charge on any atom is -0.0203 e. The summed E-state index contributed by atoms with van der Waals surface area (Å²) in [5.74, 6) is 2.74. The van der Waals surface area contributed by atoms with Crippen LogP contribution in [0.4, 0.5) is 0 Å². The van der Waals surface area contributed by atoms with Gasteiger partial charge in [-0.25, -0.2) is 0 Å². The molecule has 0 heteroatoms. The molecule has 9 heavy (non-hydrogen) atoms. The molecule has 0 aromatic carbocycles. The molecular formula is C9H16. The van der Waals surface area contributed by atoms with Crippen molar-refractivity contribution in [1.82, 2.24) is 0 Å². The molecule has 0 radical (unpaired) electrons. The van der Waals surface area contributed by atoms with Crippen LogP contribution in [0, 0.1) is 17.8 Å². The third kappa shape index (κ3) is 1.03. The van der Waals surface area contributed by atoms with E-state index in [1.54, 1.807) is 0 Å². The van der Waals surface area contributed by atoms with Gasteiger partial charge in [-0.2, -0.15) is 0 Å². The highest BCUT2D eigenvalue weighted by Crippen LogP contribution is 2.42. The molecule has 0 aromatic rings. The fourth-order valence-corrected chi connectivity index (χ4v) is 1.98. The van der Waals surface area contributed by atoms with E-state index < -0.39 is 0 Å². The lowest BCUT2D eigenvalue weighted by atomic mass is 9.65. The second kappa shape index (κ2) is 2.55. The van der Waals surface area contributed by atoms with Gasteiger partial charge in [0.25, 0.3) is 0 Å². The molecule has 0 spiro atoms. The zero-order valence-electron chi connectivity index (χ0n) is 6.43. The summed E-state index contributed by atoms with van der Waals surface area (Å²) in [6.07, 6.45) is 4.83. The molecule has 0 aromatic heterocycles. The largest absolute Gasteiger partial charge is 0.103 e. The van der Waals surface area contributed by atoms with E-state index in [9.17, 15) is 0 Å². The van der Waals surface area contributed by atoms with Crippen molar-refractivity contribution < 1.29 is 0 Å². The van der Waals surface area contributed by atoms with Crippen molar-refractivity contribution in [2.75, 3.05) is 0 Å². The van der Waals surface area contributed by atoms with Gasteiger partial charge in [0.2, 0.25) is 0 Å². The van der Waals surface area contributed by atoms with Gasteiger partial charge in [0.05, 0.1) is 0 Å². The van der Waals surface area contributed by atoms with Gasteiger partial charge in [-0.15, -0.1) is 6.58 Å². The van der Waals surface area contributed by atoms with Crippen LogP contribution in [0.25, 0.3) is 0 Å². The Hall–Kier alpha value is -0.260. The summed E-state index contributed by atoms with van der Waals surface area (Å²) in [6, 6.07) is 0. The highest BCUT2D eigenvalue weighted by atomic mass is 14.4. The molecule has 0 N–H and O–H groups in total. The van der Waals surface area contributed by atoms with Crippen molar-refractivity contribution in [2.24, 2.45) is 17.8 Å². The Morgan fingerprint density at radius 2 is 2.33 bits per heavy atom. The third-order valence-corrected chi connectivity index (χ3v) is 2.70. The molecule has 1 rings (SSSR count). The van der Waals surface area contributed by atoms with Crippen LogP contribution >= 0.6 is 0 Å². The van der Waals surface area contributed by atoms with Gasteiger partial charge < -0.3 is 0 Å². The molecule has 0 amide bonds. The first kappa shape index (κ1) is 6.85. The van der Waals surface area contributed by atoms with Gasteiger partial charge in [0, 0.05) is 0 Å². The molecular weight excluding hydrogens is 108 g/mol. The molecule has 3 atom stereocenters. The molecule has 0 heterocycles. The fourth-order valence-electron chi connectivity index (χ4n) is 1.98. The number of hydrogen-bond donors (Lipinski definition) is 0. The first-order valence-electron chi connectivity index (χ1n) is 3.92. The van der Waals surface area contributed by atoms with Crippen LogP contribution < -0.4 is 0 Å². The minimum Gasteiger partial charge on any atom is -0.103 e. The van der Waals surface area contributed by atoms with Gasteiger partial charge in [-0.3, -0.25) is 0 Å². The Kier molecular flexibility index (Phi) is 1.94. The van der Waals surface area contributed by atoms with Crippen LogP contribution in [-0.4, -0.2) is 0 Å². The van der Waals surface area contributed by atoms with Gasteiger partial charge in [-0.1, -0.05) is 26.3 Å². The summed E-state index contributed by atoms with van der Waals surface area (Å²) in [5, 5.41) is 0. The third-order valence-electron chi connectivity index (χ3n) is 2.70. The van der Waals surface area contributed by atoms with E-state index in [1.807, 2.05) is 0 Å². The lowest BCUT2D eigenvalue weighted by Crippen LogP contribution is -2.32. The summed E-state index contributed by atoms with van der Waals surface area (Å²) >= 11 is 0. The maximum absolute atomic E-state index is 3.82. The maximum atomic E-state index is 3.82. The first-order chi connectivity index (χ1) is 4.29. The second-order valence-electron chi connectivity index (χ2n) is 3.18.